The van der Waals surface area contributed by atoms with E-state index >= 15 is 0 Å². The zero-order valence-electron chi connectivity index (χ0n) is 9.61. The van der Waals surface area contributed by atoms with Crippen molar-refractivity contribution in [3.63, 3.8) is 0 Å². The molecule has 0 saturated heterocycles. The van der Waals surface area contributed by atoms with Crippen molar-refractivity contribution in [1.29, 1.82) is 0 Å². The second-order valence-electron chi connectivity index (χ2n) is 3.99. The number of Topliss-reactive ketones (excluding diaryl/α,β-unsaturated/α-hetero) is 2. The molecular weight excluding hydrogens is 220 g/mol. The Morgan fingerprint density at radius 1 is 1.41 bits per heavy atom. The number of carbonyl (C=O) groups is 2. The number of aliphatic hydroxyl groups is 1. The third kappa shape index (κ3) is 1.93. The van der Waals surface area contributed by atoms with Crippen molar-refractivity contribution in [2.45, 2.75) is 13.8 Å². The fourth-order valence-corrected chi connectivity index (χ4v) is 1.80. The number of benzene rings is 1. The zero-order chi connectivity index (χ0) is 12.6. The van der Waals surface area contributed by atoms with Gasteiger partial charge in [-0.1, -0.05) is 11.6 Å². The molecule has 0 atom stereocenters. The highest BCUT2D eigenvalue weighted by molar-refractivity contribution is 6.24. The summed E-state index contributed by atoms with van der Waals surface area (Å²) in [6, 6.07) is 5.18. The molecular formula is C13H12O4. The van der Waals surface area contributed by atoms with Crippen molar-refractivity contribution in [2.75, 3.05) is 6.61 Å². The number of fused-ring (bicyclic) bond motifs is 1. The lowest BCUT2D eigenvalue weighted by Crippen LogP contribution is -2.17. The first-order valence-electron chi connectivity index (χ1n) is 5.22. The summed E-state index contributed by atoms with van der Waals surface area (Å²) in [7, 11) is 0. The lowest BCUT2D eigenvalue weighted by Gasteiger charge is -2.07. The minimum absolute atomic E-state index is 0.186. The molecule has 0 bridgehead atoms. The van der Waals surface area contributed by atoms with Gasteiger partial charge < -0.3 is 9.84 Å². The summed E-state index contributed by atoms with van der Waals surface area (Å²) >= 11 is 0. The molecule has 4 nitrogen and oxygen atoms in total. The monoisotopic (exact) mass is 232 g/mol. The van der Waals surface area contributed by atoms with Gasteiger partial charge in [0.15, 0.2) is 12.4 Å². The molecule has 0 saturated carbocycles. The fraction of sp³-hybridized carbons (Fsp3) is 0.231. The van der Waals surface area contributed by atoms with Crippen LogP contribution in [0.15, 0.2) is 23.8 Å². The van der Waals surface area contributed by atoms with E-state index in [9.17, 15) is 14.7 Å². The average Bonchev–Trinajstić information content (AvgIpc) is 2.37. The summed E-state index contributed by atoms with van der Waals surface area (Å²) in [4.78, 5) is 23.0. The SMILES string of the molecule is CC(=O)C1=C(O)c2cc(C)ccc2OCC1=O. The Hall–Kier alpha value is -2.10. The van der Waals surface area contributed by atoms with Gasteiger partial charge in [0, 0.05) is 0 Å². The van der Waals surface area contributed by atoms with Crippen LogP contribution in [0.5, 0.6) is 5.75 Å². The van der Waals surface area contributed by atoms with E-state index in [4.69, 9.17) is 4.74 Å². The highest BCUT2D eigenvalue weighted by Crippen LogP contribution is 2.30. The van der Waals surface area contributed by atoms with Gasteiger partial charge in [-0.05, 0) is 26.0 Å². The van der Waals surface area contributed by atoms with Gasteiger partial charge in [-0.3, -0.25) is 9.59 Å². The smallest absolute Gasteiger partial charge is 0.207 e. The van der Waals surface area contributed by atoms with E-state index in [0.29, 0.717) is 11.3 Å². The standard InChI is InChI=1S/C13H12O4/c1-7-3-4-11-9(5-7)13(16)12(8(2)14)10(15)6-17-11/h3-5,16H,6H2,1-2H3. The van der Waals surface area contributed by atoms with Gasteiger partial charge in [0.1, 0.15) is 17.1 Å². The van der Waals surface area contributed by atoms with Gasteiger partial charge in [0.05, 0.1) is 5.56 Å². The molecule has 0 radical (unpaired) electrons. The second-order valence-corrected chi connectivity index (χ2v) is 3.99. The fourth-order valence-electron chi connectivity index (χ4n) is 1.80. The van der Waals surface area contributed by atoms with E-state index in [0.717, 1.165) is 5.56 Å². The molecule has 0 aliphatic carbocycles. The number of aliphatic hydroxyl groups excluding tert-OH is 1. The van der Waals surface area contributed by atoms with Gasteiger partial charge in [-0.2, -0.15) is 0 Å². The third-order valence-electron chi connectivity index (χ3n) is 2.62. The van der Waals surface area contributed by atoms with Gasteiger partial charge in [0.2, 0.25) is 5.78 Å². The Labute approximate surface area is 98.5 Å². The summed E-state index contributed by atoms with van der Waals surface area (Å²) in [5.41, 5.74) is 1.12. The molecule has 1 aliphatic heterocycles. The molecule has 2 rings (SSSR count). The Morgan fingerprint density at radius 3 is 2.76 bits per heavy atom. The van der Waals surface area contributed by atoms with Crippen molar-refractivity contribution in [1.82, 2.24) is 0 Å². The van der Waals surface area contributed by atoms with Crippen molar-refractivity contribution < 1.29 is 19.4 Å². The van der Waals surface area contributed by atoms with Crippen molar-refractivity contribution in [3.8, 4) is 5.75 Å². The molecule has 88 valence electrons. The number of carbonyl (C=O) groups excluding carboxylic acids is 2. The molecule has 1 aliphatic rings. The summed E-state index contributed by atoms with van der Waals surface area (Å²) in [6.45, 7) is 2.88. The van der Waals surface area contributed by atoms with Crippen LogP contribution in [0.1, 0.15) is 18.1 Å². The maximum Gasteiger partial charge on any atom is 0.207 e. The number of ketones is 2. The molecule has 1 aromatic carbocycles. The van der Waals surface area contributed by atoms with Crippen LogP contribution >= 0.6 is 0 Å². The van der Waals surface area contributed by atoms with Crippen molar-refractivity contribution >= 4 is 17.3 Å². The lowest BCUT2D eigenvalue weighted by atomic mass is 10.0. The maximum absolute atomic E-state index is 11.7. The van der Waals surface area contributed by atoms with E-state index < -0.39 is 11.6 Å². The van der Waals surface area contributed by atoms with Crippen LogP contribution in [0.3, 0.4) is 0 Å². The number of aryl methyl sites for hydroxylation is 1. The molecule has 0 amide bonds. The zero-order valence-corrected chi connectivity index (χ0v) is 9.61. The van der Waals surface area contributed by atoms with Crippen LogP contribution in [0, 0.1) is 6.92 Å². The number of rotatable bonds is 1. The number of hydrogen-bond acceptors (Lipinski definition) is 4. The Bertz CT molecular complexity index is 540. The predicted molar refractivity (Wildman–Crippen MR) is 61.9 cm³/mol. The first-order valence-corrected chi connectivity index (χ1v) is 5.22. The second kappa shape index (κ2) is 4.05. The molecule has 0 unspecified atom stereocenters. The van der Waals surface area contributed by atoms with Gasteiger partial charge >= 0.3 is 0 Å². The highest BCUT2D eigenvalue weighted by atomic mass is 16.5. The molecule has 0 spiro atoms. The molecule has 0 fully saturated rings. The minimum Gasteiger partial charge on any atom is -0.506 e. The molecule has 1 aromatic rings. The van der Waals surface area contributed by atoms with Crippen LogP contribution in [-0.4, -0.2) is 23.3 Å². The molecule has 1 heterocycles. The first kappa shape index (κ1) is 11.4. The van der Waals surface area contributed by atoms with E-state index in [-0.39, 0.29) is 17.9 Å². The average molecular weight is 232 g/mol. The normalized spacial score (nSPS) is 15.1. The quantitative estimate of drug-likeness (QED) is 0.750. The predicted octanol–water partition coefficient (Wildman–Crippen LogP) is 1.81. The Balaban J connectivity index is 2.69. The summed E-state index contributed by atoms with van der Waals surface area (Å²) < 4.78 is 5.26. The molecule has 4 heteroatoms. The van der Waals surface area contributed by atoms with Crippen LogP contribution in [0.2, 0.25) is 0 Å². The minimum atomic E-state index is -0.496. The van der Waals surface area contributed by atoms with Crippen LogP contribution in [-0.2, 0) is 9.59 Å². The van der Waals surface area contributed by atoms with Crippen LogP contribution in [0.4, 0.5) is 0 Å². The highest BCUT2D eigenvalue weighted by Gasteiger charge is 2.26. The van der Waals surface area contributed by atoms with Gasteiger partial charge in [0.25, 0.3) is 0 Å². The third-order valence-corrected chi connectivity index (χ3v) is 2.62. The summed E-state index contributed by atoms with van der Waals surface area (Å²) in [5, 5.41) is 10.0. The molecule has 1 N–H and O–H groups in total. The van der Waals surface area contributed by atoms with E-state index in [1.165, 1.54) is 6.92 Å². The van der Waals surface area contributed by atoms with Crippen molar-refractivity contribution in [2.24, 2.45) is 0 Å². The topological polar surface area (TPSA) is 63.6 Å². The van der Waals surface area contributed by atoms with Gasteiger partial charge in [-0.15, -0.1) is 0 Å². The number of hydrogen-bond donors (Lipinski definition) is 1. The van der Waals surface area contributed by atoms with E-state index in [1.807, 2.05) is 13.0 Å². The van der Waals surface area contributed by atoms with E-state index in [1.54, 1.807) is 12.1 Å². The number of ether oxygens (including phenoxy) is 1. The van der Waals surface area contributed by atoms with Crippen LogP contribution < -0.4 is 4.74 Å². The largest absolute Gasteiger partial charge is 0.506 e. The van der Waals surface area contributed by atoms with E-state index in [2.05, 4.69) is 0 Å². The molecule has 0 aromatic heterocycles. The summed E-state index contributed by atoms with van der Waals surface area (Å²) in [6.07, 6.45) is 0. The Morgan fingerprint density at radius 2 is 2.12 bits per heavy atom. The lowest BCUT2D eigenvalue weighted by molar-refractivity contribution is -0.121. The Kier molecular flexibility index (Phi) is 2.71. The maximum atomic E-state index is 11.7. The summed E-state index contributed by atoms with van der Waals surface area (Å²) in [5.74, 6) is -0.828. The van der Waals surface area contributed by atoms with Gasteiger partial charge in [-0.25, -0.2) is 0 Å². The van der Waals surface area contributed by atoms with Crippen molar-refractivity contribution in [3.05, 3.63) is 34.9 Å². The van der Waals surface area contributed by atoms with Crippen LogP contribution in [0.25, 0.3) is 5.76 Å². The molecule has 17 heavy (non-hydrogen) atoms. The first-order chi connectivity index (χ1) is 8.00.